The van der Waals surface area contributed by atoms with E-state index in [0.717, 1.165) is 38.3 Å². The van der Waals surface area contributed by atoms with E-state index in [1.165, 1.54) is 0 Å². The predicted molar refractivity (Wildman–Crippen MR) is 76.5 cm³/mol. The lowest BCUT2D eigenvalue weighted by Crippen LogP contribution is -2.37. The molecule has 0 radical (unpaired) electrons. The highest BCUT2D eigenvalue weighted by atomic mass is 16.5. The van der Waals surface area contributed by atoms with Crippen molar-refractivity contribution in [3.63, 3.8) is 0 Å². The van der Waals surface area contributed by atoms with Crippen molar-refractivity contribution in [2.75, 3.05) is 31.6 Å². The van der Waals surface area contributed by atoms with Crippen LogP contribution in [-0.2, 0) is 9.53 Å². The minimum absolute atomic E-state index is 0.0389. The summed E-state index contributed by atoms with van der Waals surface area (Å²) in [6.45, 7) is 3.26. The van der Waals surface area contributed by atoms with Crippen LogP contribution in [0.2, 0.25) is 0 Å². The summed E-state index contributed by atoms with van der Waals surface area (Å²) < 4.78 is 5.03. The van der Waals surface area contributed by atoms with Gasteiger partial charge in [-0.05, 0) is 31.0 Å². The fraction of sp³-hybridized carbons (Fsp3) is 0.533. The molecule has 0 amide bonds. The average molecular weight is 286 g/mol. The molecule has 6 nitrogen and oxygen atoms in total. The van der Waals surface area contributed by atoms with Crippen molar-refractivity contribution in [2.24, 2.45) is 5.92 Å². The maximum absolute atomic E-state index is 11.6. The highest BCUT2D eigenvalue weighted by Crippen LogP contribution is 2.23. The number of nitrogens with one attached hydrogen (secondary N) is 1. The maximum Gasteiger partial charge on any atom is 0.323 e. The van der Waals surface area contributed by atoms with Crippen molar-refractivity contribution in [2.45, 2.75) is 18.9 Å². The van der Waals surface area contributed by atoms with Crippen LogP contribution in [0.3, 0.4) is 0 Å². The second kappa shape index (κ2) is 6.10. The Balaban J connectivity index is 1.48. The summed E-state index contributed by atoms with van der Waals surface area (Å²) in [5.74, 6) is 1.22. The average Bonchev–Trinajstić information content (AvgIpc) is 3.14. The summed E-state index contributed by atoms with van der Waals surface area (Å²) in [6.07, 6.45) is 3.46. The number of aromatic nitrogens is 1. The Morgan fingerprint density at radius 2 is 2.38 bits per heavy atom. The molecule has 0 bridgehead atoms. The van der Waals surface area contributed by atoms with Crippen LogP contribution in [0.5, 0.6) is 0 Å². The highest BCUT2D eigenvalue weighted by molar-refractivity contribution is 5.77. The van der Waals surface area contributed by atoms with Gasteiger partial charge in [0.25, 0.3) is 0 Å². The van der Waals surface area contributed by atoms with E-state index >= 15 is 0 Å². The monoisotopic (exact) mass is 286 g/mol. The molecule has 1 N–H and O–H groups in total. The van der Waals surface area contributed by atoms with Crippen LogP contribution in [0.15, 0.2) is 18.3 Å². The largest absolute Gasteiger partial charge is 0.464 e. The van der Waals surface area contributed by atoms with E-state index in [-0.39, 0.29) is 12.0 Å². The fourth-order valence-corrected chi connectivity index (χ4v) is 2.94. The Hall–Kier alpha value is -2.13. The van der Waals surface area contributed by atoms with Crippen LogP contribution < -0.4 is 5.32 Å². The molecule has 2 fully saturated rings. The van der Waals surface area contributed by atoms with Gasteiger partial charge in [0.2, 0.25) is 0 Å². The van der Waals surface area contributed by atoms with Gasteiger partial charge in [0.05, 0.1) is 12.2 Å². The smallest absolute Gasteiger partial charge is 0.323 e. The molecule has 0 aromatic carbocycles. The number of ether oxygens (including phenoxy) is 1. The van der Waals surface area contributed by atoms with Gasteiger partial charge in [-0.3, -0.25) is 9.69 Å². The number of carbonyl (C=O) groups excluding carboxylic acids is 1. The van der Waals surface area contributed by atoms with Crippen LogP contribution in [-0.4, -0.2) is 48.1 Å². The minimum Gasteiger partial charge on any atom is -0.464 e. The first-order valence-corrected chi connectivity index (χ1v) is 7.27. The number of anilines is 1. The number of cyclic esters (lactones) is 1. The van der Waals surface area contributed by atoms with E-state index in [9.17, 15) is 4.79 Å². The van der Waals surface area contributed by atoms with Gasteiger partial charge in [-0.15, -0.1) is 0 Å². The molecule has 0 unspecified atom stereocenters. The van der Waals surface area contributed by atoms with E-state index < -0.39 is 0 Å². The van der Waals surface area contributed by atoms with Gasteiger partial charge in [-0.25, -0.2) is 4.98 Å². The van der Waals surface area contributed by atoms with E-state index in [1.54, 1.807) is 12.3 Å². The zero-order valence-corrected chi connectivity index (χ0v) is 11.8. The van der Waals surface area contributed by atoms with Crippen molar-refractivity contribution in [3.8, 4) is 6.07 Å². The molecule has 0 spiro atoms. The molecule has 6 heteroatoms. The molecule has 0 aliphatic carbocycles. The topological polar surface area (TPSA) is 78.3 Å². The molecule has 3 rings (SSSR count). The number of carbonyl (C=O) groups is 1. The van der Waals surface area contributed by atoms with Crippen LogP contribution in [0, 0.1) is 17.2 Å². The van der Waals surface area contributed by atoms with E-state index in [1.807, 2.05) is 6.07 Å². The lowest BCUT2D eigenvalue weighted by molar-refractivity contribution is -0.142. The van der Waals surface area contributed by atoms with Crippen molar-refractivity contribution < 1.29 is 9.53 Å². The Morgan fingerprint density at radius 1 is 1.48 bits per heavy atom. The molecule has 0 saturated carbocycles. The first kappa shape index (κ1) is 13.8. The second-order valence-corrected chi connectivity index (χ2v) is 5.55. The summed E-state index contributed by atoms with van der Waals surface area (Å²) in [5.41, 5.74) is 0.562. The molecule has 3 heterocycles. The fourth-order valence-electron chi connectivity index (χ4n) is 2.94. The van der Waals surface area contributed by atoms with Crippen LogP contribution in [0.1, 0.15) is 18.4 Å². The third-order valence-corrected chi connectivity index (χ3v) is 4.13. The number of nitriles is 1. The van der Waals surface area contributed by atoms with E-state index in [2.05, 4.69) is 21.3 Å². The molecule has 1 aromatic heterocycles. The SMILES string of the molecule is N#Cc1ccc(NC[C@H]2CCN([C@H]3CCOC3=O)C2)nc1. The molecular weight excluding hydrogens is 268 g/mol. The summed E-state index contributed by atoms with van der Waals surface area (Å²) >= 11 is 0. The Labute approximate surface area is 123 Å². The van der Waals surface area contributed by atoms with E-state index in [4.69, 9.17) is 10.00 Å². The lowest BCUT2D eigenvalue weighted by Gasteiger charge is -2.20. The maximum atomic E-state index is 11.6. The normalized spacial score (nSPS) is 25.6. The quantitative estimate of drug-likeness (QED) is 0.832. The molecule has 21 heavy (non-hydrogen) atoms. The molecule has 2 aliphatic rings. The number of hydrogen-bond acceptors (Lipinski definition) is 6. The first-order chi connectivity index (χ1) is 10.3. The van der Waals surface area contributed by atoms with Gasteiger partial charge in [0.1, 0.15) is 17.9 Å². The van der Waals surface area contributed by atoms with Gasteiger partial charge in [0.15, 0.2) is 0 Å². The molecule has 2 atom stereocenters. The van der Waals surface area contributed by atoms with Crippen molar-refractivity contribution in [1.29, 1.82) is 5.26 Å². The number of esters is 1. The summed E-state index contributed by atoms with van der Waals surface area (Å²) in [4.78, 5) is 18.0. The van der Waals surface area contributed by atoms with Gasteiger partial charge in [0, 0.05) is 25.7 Å². The third-order valence-electron chi connectivity index (χ3n) is 4.13. The Kier molecular flexibility index (Phi) is 4.02. The van der Waals surface area contributed by atoms with Crippen LogP contribution in [0.4, 0.5) is 5.82 Å². The first-order valence-electron chi connectivity index (χ1n) is 7.27. The lowest BCUT2D eigenvalue weighted by atomic mass is 10.1. The number of nitrogens with zero attached hydrogens (tertiary/aromatic N) is 3. The molecule has 1 aromatic rings. The van der Waals surface area contributed by atoms with Crippen LogP contribution >= 0.6 is 0 Å². The number of likely N-dealkylation sites (tertiary alicyclic amines) is 1. The Morgan fingerprint density at radius 3 is 3.05 bits per heavy atom. The molecule has 2 aliphatic heterocycles. The molecule has 2 saturated heterocycles. The summed E-state index contributed by atoms with van der Waals surface area (Å²) in [7, 11) is 0. The van der Waals surface area contributed by atoms with Crippen LogP contribution in [0.25, 0.3) is 0 Å². The van der Waals surface area contributed by atoms with Crippen molar-refractivity contribution >= 4 is 11.8 Å². The third kappa shape index (κ3) is 3.14. The highest BCUT2D eigenvalue weighted by Gasteiger charge is 2.36. The number of pyridine rings is 1. The summed E-state index contributed by atoms with van der Waals surface area (Å²) in [6, 6.07) is 5.59. The number of hydrogen-bond donors (Lipinski definition) is 1. The van der Waals surface area contributed by atoms with Gasteiger partial charge in [-0.2, -0.15) is 5.26 Å². The zero-order valence-electron chi connectivity index (χ0n) is 11.8. The Bertz CT molecular complexity index is 552. The van der Waals surface area contributed by atoms with Gasteiger partial charge >= 0.3 is 5.97 Å². The van der Waals surface area contributed by atoms with Gasteiger partial charge in [-0.1, -0.05) is 0 Å². The minimum atomic E-state index is -0.0719. The zero-order chi connectivity index (χ0) is 14.7. The van der Waals surface area contributed by atoms with Crippen molar-refractivity contribution in [1.82, 2.24) is 9.88 Å². The van der Waals surface area contributed by atoms with E-state index in [0.29, 0.717) is 18.1 Å². The van der Waals surface area contributed by atoms with Gasteiger partial charge < -0.3 is 10.1 Å². The van der Waals surface area contributed by atoms with Crippen molar-refractivity contribution in [3.05, 3.63) is 23.9 Å². The number of rotatable bonds is 4. The molecule has 110 valence electrons. The molecular formula is C15H18N4O2. The predicted octanol–water partition coefficient (Wildman–Crippen LogP) is 1.00. The second-order valence-electron chi connectivity index (χ2n) is 5.55. The standard InChI is InChI=1S/C15H18N4O2/c16-7-11-1-2-14(17-8-11)18-9-12-3-5-19(10-12)13-4-6-21-15(13)20/h1-2,8,12-13H,3-6,9-10H2,(H,17,18)/t12-,13+/m1/s1. The summed E-state index contributed by atoms with van der Waals surface area (Å²) in [5, 5.41) is 12.0.